The van der Waals surface area contributed by atoms with Crippen LogP contribution in [0.15, 0.2) is 57.3 Å². The molecule has 2 aliphatic heterocycles. The average Bonchev–Trinajstić information content (AvgIpc) is 3.43. The minimum Gasteiger partial charge on any atom is -0.449 e. The number of benzene rings is 1. The molecule has 168 valence electrons. The Morgan fingerprint density at radius 2 is 2.12 bits per heavy atom. The van der Waals surface area contributed by atoms with E-state index in [0.29, 0.717) is 30.9 Å². The lowest BCUT2D eigenvalue weighted by atomic mass is 9.87. The number of nitrogens with one attached hydrogen (secondary N) is 2. The topological polar surface area (TPSA) is 87.5 Å². The van der Waals surface area contributed by atoms with Gasteiger partial charge >= 0.3 is 0 Å². The average molecular weight is 453 g/mol. The third-order valence-corrected chi connectivity index (χ3v) is 7.56. The van der Waals surface area contributed by atoms with E-state index in [9.17, 15) is 9.59 Å². The molecule has 1 aliphatic carbocycles. The molecule has 3 aliphatic rings. The van der Waals surface area contributed by atoms with E-state index in [1.807, 2.05) is 23.3 Å². The van der Waals surface area contributed by atoms with Gasteiger partial charge in [0.1, 0.15) is 6.26 Å². The Morgan fingerprint density at radius 3 is 2.94 bits per heavy atom. The van der Waals surface area contributed by atoms with Crippen LogP contribution in [0.25, 0.3) is 0 Å². The SMILES string of the molecule is CSc1ccccc1C1C2=C(CNC2=O)NC2CCCCC2N1C(=O)CCc1ncco1. The van der Waals surface area contributed by atoms with E-state index in [1.165, 1.54) is 6.26 Å². The van der Waals surface area contributed by atoms with Gasteiger partial charge in [0.25, 0.3) is 5.91 Å². The second-order valence-corrected chi connectivity index (χ2v) is 9.40. The maximum absolute atomic E-state index is 13.8. The van der Waals surface area contributed by atoms with Crippen LogP contribution in [0.5, 0.6) is 0 Å². The number of hydrogen-bond acceptors (Lipinski definition) is 6. The Hall–Kier alpha value is -2.74. The molecular formula is C24H28N4O3S. The lowest BCUT2D eigenvalue weighted by Gasteiger charge is -2.43. The summed E-state index contributed by atoms with van der Waals surface area (Å²) in [6.07, 6.45) is 10.1. The van der Waals surface area contributed by atoms with Gasteiger partial charge in [-0.05, 0) is 30.7 Å². The molecule has 32 heavy (non-hydrogen) atoms. The number of hydrogen-bond donors (Lipinski definition) is 2. The zero-order valence-corrected chi connectivity index (χ0v) is 19.0. The molecule has 0 bridgehead atoms. The van der Waals surface area contributed by atoms with Crippen molar-refractivity contribution in [1.29, 1.82) is 0 Å². The van der Waals surface area contributed by atoms with Crippen LogP contribution in [0.2, 0.25) is 0 Å². The van der Waals surface area contributed by atoms with Gasteiger partial charge < -0.3 is 20.0 Å². The van der Waals surface area contributed by atoms with Crippen molar-refractivity contribution in [2.45, 2.75) is 61.5 Å². The number of amides is 2. The smallest absolute Gasteiger partial charge is 0.251 e. The van der Waals surface area contributed by atoms with Gasteiger partial charge in [0.2, 0.25) is 5.91 Å². The number of carbonyl (C=O) groups excluding carboxylic acids is 2. The summed E-state index contributed by atoms with van der Waals surface area (Å²) in [5, 5.41) is 6.66. The van der Waals surface area contributed by atoms with Gasteiger partial charge in [-0.15, -0.1) is 11.8 Å². The number of thioether (sulfide) groups is 1. The molecule has 0 saturated heterocycles. The summed E-state index contributed by atoms with van der Waals surface area (Å²) in [6, 6.07) is 7.91. The molecular weight excluding hydrogens is 424 g/mol. The Balaban J connectivity index is 1.60. The predicted molar refractivity (Wildman–Crippen MR) is 122 cm³/mol. The summed E-state index contributed by atoms with van der Waals surface area (Å²) in [4.78, 5) is 34.2. The van der Waals surface area contributed by atoms with E-state index in [2.05, 4.69) is 27.8 Å². The molecule has 2 aromatic rings. The Labute approximate surface area is 192 Å². The number of fused-ring (bicyclic) bond motifs is 1. The van der Waals surface area contributed by atoms with Gasteiger partial charge in [-0.1, -0.05) is 31.0 Å². The second kappa shape index (κ2) is 9.02. The van der Waals surface area contributed by atoms with Crippen LogP contribution in [-0.2, 0) is 16.0 Å². The first kappa shape index (κ1) is 21.1. The third-order valence-electron chi connectivity index (χ3n) is 6.75. The Morgan fingerprint density at radius 1 is 1.28 bits per heavy atom. The molecule has 8 heteroatoms. The molecule has 5 rings (SSSR count). The first-order valence-corrected chi connectivity index (χ1v) is 12.5. The quantitative estimate of drug-likeness (QED) is 0.678. The number of aryl methyl sites for hydroxylation is 1. The number of oxazole rings is 1. The van der Waals surface area contributed by atoms with Crippen molar-refractivity contribution >= 4 is 23.6 Å². The molecule has 0 spiro atoms. The van der Waals surface area contributed by atoms with Gasteiger partial charge in [0.05, 0.1) is 30.4 Å². The van der Waals surface area contributed by atoms with Crippen LogP contribution in [-0.4, -0.2) is 46.6 Å². The summed E-state index contributed by atoms with van der Waals surface area (Å²) >= 11 is 1.65. The molecule has 3 heterocycles. The van der Waals surface area contributed by atoms with Crippen LogP contribution in [0.4, 0.5) is 0 Å². The van der Waals surface area contributed by atoms with E-state index in [0.717, 1.165) is 41.8 Å². The largest absolute Gasteiger partial charge is 0.449 e. The fraction of sp³-hybridized carbons (Fsp3) is 0.458. The monoisotopic (exact) mass is 452 g/mol. The van der Waals surface area contributed by atoms with E-state index in [4.69, 9.17) is 4.42 Å². The number of carbonyl (C=O) groups is 2. The molecule has 2 amide bonds. The van der Waals surface area contributed by atoms with E-state index >= 15 is 0 Å². The van der Waals surface area contributed by atoms with Crippen molar-refractivity contribution in [3.63, 3.8) is 0 Å². The van der Waals surface area contributed by atoms with Crippen molar-refractivity contribution in [2.75, 3.05) is 12.8 Å². The summed E-state index contributed by atoms with van der Waals surface area (Å²) in [6.45, 7) is 0.494. The molecule has 3 atom stereocenters. The van der Waals surface area contributed by atoms with Crippen LogP contribution in [0.1, 0.15) is 49.6 Å². The van der Waals surface area contributed by atoms with Crippen molar-refractivity contribution in [2.24, 2.45) is 0 Å². The highest BCUT2D eigenvalue weighted by atomic mass is 32.2. The normalized spacial score (nSPS) is 25.0. The number of nitrogens with zero attached hydrogens (tertiary/aromatic N) is 2. The van der Waals surface area contributed by atoms with Crippen molar-refractivity contribution < 1.29 is 14.0 Å². The molecule has 1 saturated carbocycles. The Kier molecular flexibility index (Phi) is 5.95. The zero-order chi connectivity index (χ0) is 22.1. The van der Waals surface area contributed by atoms with Crippen LogP contribution >= 0.6 is 11.8 Å². The highest BCUT2D eigenvalue weighted by Gasteiger charge is 2.46. The van der Waals surface area contributed by atoms with Crippen molar-refractivity contribution in [1.82, 2.24) is 20.5 Å². The van der Waals surface area contributed by atoms with Crippen LogP contribution < -0.4 is 10.6 Å². The summed E-state index contributed by atoms with van der Waals surface area (Å²) in [7, 11) is 0. The van der Waals surface area contributed by atoms with E-state index in [-0.39, 0.29) is 23.9 Å². The second-order valence-electron chi connectivity index (χ2n) is 8.55. The number of aromatic nitrogens is 1. The highest BCUT2D eigenvalue weighted by molar-refractivity contribution is 7.98. The summed E-state index contributed by atoms with van der Waals surface area (Å²) in [5.74, 6) is 0.514. The summed E-state index contributed by atoms with van der Waals surface area (Å²) < 4.78 is 5.37. The van der Waals surface area contributed by atoms with Gasteiger partial charge in [0.15, 0.2) is 5.89 Å². The third kappa shape index (κ3) is 3.81. The highest BCUT2D eigenvalue weighted by Crippen LogP contribution is 2.43. The van der Waals surface area contributed by atoms with Gasteiger partial charge in [-0.2, -0.15) is 0 Å². The maximum Gasteiger partial charge on any atom is 0.251 e. The fourth-order valence-electron chi connectivity index (χ4n) is 5.33. The fourth-order valence-corrected chi connectivity index (χ4v) is 5.96. The molecule has 0 radical (unpaired) electrons. The molecule has 1 fully saturated rings. The Bertz CT molecular complexity index is 1040. The predicted octanol–water partition coefficient (Wildman–Crippen LogP) is 3.20. The first-order valence-electron chi connectivity index (χ1n) is 11.3. The van der Waals surface area contributed by atoms with E-state index < -0.39 is 6.04 Å². The van der Waals surface area contributed by atoms with Gasteiger partial charge in [0, 0.05) is 29.5 Å². The van der Waals surface area contributed by atoms with Crippen LogP contribution in [0.3, 0.4) is 0 Å². The molecule has 1 aromatic heterocycles. The first-order chi connectivity index (χ1) is 15.7. The van der Waals surface area contributed by atoms with Crippen molar-refractivity contribution in [3.8, 4) is 0 Å². The molecule has 7 nitrogen and oxygen atoms in total. The minimum absolute atomic E-state index is 0.0382. The van der Waals surface area contributed by atoms with Crippen molar-refractivity contribution in [3.05, 3.63) is 59.4 Å². The minimum atomic E-state index is -0.409. The molecule has 2 N–H and O–H groups in total. The summed E-state index contributed by atoms with van der Waals surface area (Å²) in [5.41, 5.74) is 2.64. The zero-order valence-electron chi connectivity index (χ0n) is 18.2. The number of rotatable bonds is 5. The standard InChI is InChI=1S/C24H28N4O3S/c1-32-19-9-5-2-6-15(19)23-22-17(14-26-24(22)30)27-16-7-3-4-8-18(16)28(23)21(29)11-10-20-25-12-13-31-20/h2,5-6,9,12-13,16,18,23,27H,3-4,7-8,10-11,14H2,1H3,(H,26,30). The van der Waals surface area contributed by atoms with Gasteiger partial charge in [-0.3, -0.25) is 9.59 Å². The van der Waals surface area contributed by atoms with Gasteiger partial charge in [-0.25, -0.2) is 4.98 Å². The maximum atomic E-state index is 13.8. The molecule has 3 unspecified atom stereocenters. The molecule has 1 aromatic carbocycles. The lowest BCUT2D eigenvalue weighted by molar-refractivity contribution is -0.137. The van der Waals surface area contributed by atoms with E-state index in [1.54, 1.807) is 18.0 Å². The lowest BCUT2D eigenvalue weighted by Crippen LogP contribution is -2.53. The van der Waals surface area contributed by atoms with Crippen LogP contribution in [0, 0.1) is 0 Å².